The van der Waals surface area contributed by atoms with Crippen LogP contribution >= 0.6 is 0 Å². The molecule has 0 saturated carbocycles. The van der Waals surface area contributed by atoms with Gasteiger partial charge in [0.2, 0.25) is 0 Å². The van der Waals surface area contributed by atoms with Crippen molar-refractivity contribution in [3.8, 4) is 11.1 Å². The van der Waals surface area contributed by atoms with Gasteiger partial charge in [-0.3, -0.25) is 4.68 Å². The predicted octanol–water partition coefficient (Wildman–Crippen LogP) is 3.03. The number of nitrogens with one attached hydrogen (secondary N) is 1. The molecule has 0 amide bonds. The van der Waals surface area contributed by atoms with Gasteiger partial charge in [0.15, 0.2) is 0 Å². The Balaban J connectivity index is 2.34. The van der Waals surface area contributed by atoms with Crippen LogP contribution in [0, 0.1) is 12.7 Å². The molecule has 2 aromatic rings. The highest BCUT2D eigenvalue weighted by Crippen LogP contribution is 2.26. The minimum atomic E-state index is -0.204. The van der Waals surface area contributed by atoms with Gasteiger partial charge in [-0.1, -0.05) is 19.9 Å². The summed E-state index contributed by atoms with van der Waals surface area (Å²) in [4.78, 5) is 0. The average molecular weight is 261 g/mol. The van der Waals surface area contributed by atoms with Crippen LogP contribution in [0.5, 0.6) is 0 Å². The van der Waals surface area contributed by atoms with Gasteiger partial charge in [-0.25, -0.2) is 4.39 Å². The zero-order valence-corrected chi connectivity index (χ0v) is 11.9. The molecule has 1 aromatic heterocycles. The van der Waals surface area contributed by atoms with Gasteiger partial charge in [0, 0.05) is 37.0 Å². The Morgan fingerprint density at radius 3 is 2.63 bits per heavy atom. The van der Waals surface area contributed by atoms with Crippen LogP contribution < -0.4 is 5.32 Å². The summed E-state index contributed by atoms with van der Waals surface area (Å²) in [6.07, 6.45) is 1.85. The maximum absolute atomic E-state index is 14.0. The number of benzene rings is 1. The van der Waals surface area contributed by atoms with Crippen LogP contribution in [0.15, 0.2) is 24.4 Å². The second-order valence-electron chi connectivity index (χ2n) is 5.15. The molecule has 0 aliphatic heterocycles. The van der Waals surface area contributed by atoms with Gasteiger partial charge in [0.25, 0.3) is 0 Å². The lowest BCUT2D eigenvalue weighted by molar-refractivity contribution is 0.586. The highest BCUT2D eigenvalue weighted by atomic mass is 19.1. The Bertz CT molecular complexity index is 573. The first-order valence-corrected chi connectivity index (χ1v) is 6.50. The van der Waals surface area contributed by atoms with E-state index in [-0.39, 0.29) is 5.82 Å². The number of aryl methyl sites for hydroxylation is 2. The quantitative estimate of drug-likeness (QED) is 0.916. The number of halogens is 1. The molecule has 3 nitrogen and oxygen atoms in total. The van der Waals surface area contributed by atoms with Crippen molar-refractivity contribution >= 4 is 0 Å². The molecular formula is C15H20FN3. The molecule has 19 heavy (non-hydrogen) atoms. The molecule has 1 aromatic carbocycles. The monoisotopic (exact) mass is 261 g/mol. The first-order chi connectivity index (χ1) is 8.97. The molecule has 0 atom stereocenters. The van der Waals surface area contributed by atoms with Crippen molar-refractivity contribution in [3.63, 3.8) is 0 Å². The Morgan fingerprint density at radius 2 is 2.05 bits per heavy atom. The largest absolute Gasteiger partial charge is 0.310 e. The van der Waals surface area contributed by atoms with Crippen molar-refractivity contribution in [2.24, 2.45) is 7.05 Å². The Hall–Kier alpha value is -1.68. The number of rotatable bonds is 4. The molecule has 102 valence electrons. The molecule has 1 N–H and O–H groups in total. The minimum Gasteiger partial charge on any atom is -0.310 e. The van der Waals surface area contributed by atoms with Crippen LogP contribution in [-0.4, -0.2) is 15.8 Å². The first kappa shape index (κ1) is 13.7. The van der Waals surface area contributed by atoms with Crippen LogP contribution in [0.1, 0.15) is 25.1 Å². The fourth-order valence-electron chi connectivity index (χ4n) is 2.07. The molecule has 0 bridgehead atoms. The van der Waals surface area contributed by atoms with E-state index < -0.39 is 0 Å². The standard InChI is InChI=1S/C15H20FN3/c1-10(2)17-8-12-5-6-15(16)13(7-12)14-9-19(4)18-11(14)3/h5-7,9-10,17H,8H2,1-4H3. The lowest BCUT2D eigenvalue weighted by Crippen LogP contribution is -2.21. The topological polar surface area (TPSA) is 29.9 Å². The molecule has 0 aliphatic rings. The summed E-state index contributed by atoms with van der Waals surface area (Å²) in [5, 5.41) is 7.60. The molecule has 0 unspecified atom stereocenters. The highest BCUT2D eigenvalue weighted by Gasteiger charge is 2.11. The number of hydrogen-bond donors (Lipinski definition) is 1. The van der Waals surface area contributed by atoms with Gasteiger partial charge < -0.3 is 5.32 Å². The SMILES string of the molecule is Cc1nn(C)cc1-c1cc(CNC(C)C)ccc1F. The predicted molar refractivity (Wildman–Crippen MR) is 75.3 cm³/mol. The first-order valence-electron chi connectivity index (χ1n) is 6.50. The van der Waals surface area contributed by atoms with E-state index in [9.17, 15) is 4.39 Å². The van der Waals surface area contributed by atoms with E-state index in [1.165, 1.54) is 6.07 Å². The third kappa shape index (κ3) is 3.20. The molecule has 0 fully saturated rings. The zero-order valence-electron chi connectivity index (χ0n) is 11.9. The van der Waals surface area contributed by atoms with Crippen LogP contribution in [0.3, 0.4) is 0 Å². The molecule has 0 aliphatic carbocycles. The summed E-state index contributed by atoms with van der Waals surface area (Å²) < 4.78 is 15.7. The lowest BCUT2D eigenvalue weighted by atomic mass is 10.0. The van der Waals surface area contributed by atoms with Crippen molar-refractivity contribution < 1.29 is 4.39 Å². The molecule has 4 heteroatoms. The van der Waals surface area contributed by atoms with E-state index in [4.69, 9.17) is 0 Å². The maximum atomic E-state index is 14.0. The summed E-state index contributed by atoms with van der Waals surface area (Å²) in [5.41, 5.74) is 3.39. The normalized spacial score (nSPS) is 11.3. The van der Waals surface area contributed by atoms with Gasteiger partial charge in [0.1, 0.15) is 5.82 Å². The fourth-order valence-corrected chi connectivity index (χ4v) is 2.07. The Kier molecular flexibility index (Phi) is 4.00. The fraction of sp³-hybridized carbons (Fsp3) is 0.400. The average Bonchev–Trinajstić information content (AvgIpc) is 2.67. The molecule has 1 heterocycles. The van der Waals surface area contributed by atoms with Crippen molar-refractivity contribution in [2.45, 2.75) is 33.4 Å². The minimum absolute atomic E-state index is 0.204. The molecule has 0 radical (unpaired) electrons. The van der Waals surface area contributed by atoms with E-state index in [1.807, 2.05) is 32.3 Å². The van der Waals surface area contributed by atoms with E-state index >= 15 is 0 Å². The third-order valence-corrected chi connectivity index (χ3v) is 3.05. The van der Waals surface area contributed by atoms with E-state index in [1.54, 1.807) is 4.68 Å². The second-order valence-corrected chi connectivity index (χ2v) is 5.15. The molecule has 2 rings (SSSR count). The van der Waals surface area contributed by atoms with Crippen LogP contribution in [0.25, 0.3) is 11.1 Å². The van der Waals surface area contributed by atoms with Crippen LogP contribution in [-0.2, 0) is 13.6 Å². The Morgan fingerprint density at radius 1 is 1.32 bits per heavy atom. The molecule has 0 spiro atoms. The van der Waals surface area contributed by atoms with E-state index in [0.29, 0.717) is 11.6 Å². The van der Waals surface area contributed by atoms with Gasteiger partial charge in [0.05, 0.1) is 5.69 Å². The zero-order chi connectivity index (χ0) is 14.0. The van der Waals surface area contributed by atoms with E-state index in [2.05, 4.69) is 24.3 Å². The lowest BCUT2D eigenvalue weighted by Gasteiger charge is -2.10. The summed E-state index contributed by atoms with van der Waals surface area (Å²) in [7, 11) is 1.85. The van der Waals surface area contributed by atoms with Crippen LogP contribution in [0.4, 0.5) is 4.39 Å². The smallest absolute Gasteiger partial charge is 0.131 e. The van der Waals surface area contributed by atoms with Gasteiger partial charge in [-0.2, -0.15) is 5.10 Å². The third-order valence-electron chi connectivity index (χ3n) is 3.05. The van der Waals surface area contributed by atoms with Crippen molar-refractivity contribution in [1.82, 2.24) is 15.1 Å². The van der Waals surface area contributed by atoms with Gasteiger partial charge >= 0.3 is 0 Å². The summed E-state index contributed by atoms with van der Waals surface area (Å²) in [5.74, 6) is -0.204. The van der Waals surface area contributed by atoms with E-state index in [0.717, 1.165) is 23.4 Å². The van der Waals surface area contributed by atoms with Gasteiger partial charge in [-0.15, -0.1) is 0 Å². The second kappa shape index (κ2) is 5.53. The Labute approximate surface area is 113 Å². The highest BCUT2D eigenvalue weighted by molar-refractivity contribution is 5.66. The molecular weight excluding hydrogens is 241 g/mol. The van der Waals surface area contributed by atoms with Crippen molar-refractivity contribution in [2.75, 3.05) is 0 Å². The summed E-state index contributed by atoms with van der Waals surface area (Å²) in [6.45, 7) is 6.82. The summed E-state index contributed by atoms with van der Waals surface area (Å²) >= 11 is 0. The van der Waals surface area contributed by atoms with Crippen molar-refractivity contribution in [1.29, 1.82) is 0 Å². The van der Waals surface area contributed by atoms with Gasteiger partial charge in [-0.05, 0) is 24.6 Å². The number of nitrogens with zero attached hydrogens (tertiary/aromatic N) is 2. The maximum Gasteiger partial charge on any atom is 0.131 e. The van der Waals surface area contributed by atoms with Crippen LogP contribution in [0.2, 0.25) is 0 Å². The van der Waals surface area contributed by atoms with Crippen molar-refractivity contribution in [3.05, 3.63) is 41.5 Å². The molecule has 0 saturated heterocycles. The number of aromatic nitrogens is 2. The summed E-state index contributed by atoms with van der Waals surface area (Å²) in [6, 6.07) is 5.65. The number of hydrogen-bond acceptors (Lipinski definition) is 2.